The lowest BCUT2D eigenvalue weighted by Gasteiger charge is -2.11. The zero-order valence-electron chi connectivity index (χ0n) is 20.3. The first-order valence-electron chi connectivity index (χ1n) is 11.0. The molecule has 0 radical (unpaired) electrons. The molecule has 0 atom stereocenters. The molecule has 2 aromatic carbocycles. The average molecular weight is 545 g/mol. The molecule has 11 heteroatoms. The predicted octanol–water partition coefficient (Wildman–Crippen LogP) is 6.62. The van der Waals surface area contributed by atoms with Gasteiger partial charge in [-0.3, -0.25) is 4.79 Å². The molecule has 0 spiro atoms. The van der Waals surface area contributed by atoms with Gasteiger partial charge in [-0.1, -0.05) is 28.9 Å². The fraction of sp³-hybridized carbons (Fsp3) is 0.192. The smallest absolute Gasteiger partial charge is 0.341 e. The number of thiophene rings is 1. The normalized spacial score (nSPS) is 10.8. The number of halogens is 2. The Kier molecular flexibility index (Phi) is 7.80. The Bertz CT molecular complexity index is 1460. The highest BCUT2D eigenvalue weighted by Gasteiger charge is 2.29. The second-order valence-electron chi connectivity index (χ2n) is 7.66. The molecule has 192 valence electrons. The topological polar surface area (TPSA) is 99.9 Å². The second-order valence-corrected chi connectivity index (χ2v) is 8.94. The van der Waals surface area contributed by atoms with E-state index in [1.165, 1.54) is 39.3 Å². The average Bonchev–Trinajstić information content (AvgIpc) is 3.47. The van der Waals surface area contributed by atoms with Crippen molar-refractivity contribution in [1.82, 2.24) is 5.16 Å². The Labute approximate surface area is 220 Å². The SMILES string of the molecule is CCOC(=O)c1c(-c2ccc(OC)c(OC)c2)csc1NC(=O)c1c(-c2c(F)cccc2Cl)noc1C. The first kappa shape index (κ1) is 26.2. The van der Waals surface area contributed by atoms with Gasteiger partial charge in [0.1, 0.15) is 33.4 Å². The molecule has 2 heterocycles. The molecule has 0 fully saturated rings. The molecule has 4 aromatic rings. The van der Waals surface area contributed by atoms with E-state index in [0.29, 0.717) is 22.6 Å². The van der Waals surface area contributed by atoms with Crippen LogP contribution >= 0.6 is 22.9 Å². The van der Waals surface area contributed by atoms with E-state index in [0.717, 1.165) is 11.3 Å². The number of methoxy groups -OCH3 is 2. The molecule has 0 unspecified atom stereocenters. The van der Waals surface area contributed by atoms with Crippen molar-refractivity contribution in [1.29, 1.82) is 0 Å². The van der Waals surface area contributed by atoms with E-state index in [9.17, 15) is 14.0 Å². The minimum atomic E-state index is -0.658. The molecule has 37 heavy (non-hydrogen) atoms. The van der Waals surface area contributed by atoms with Crippen LogP contribution in [0.2, 0.25) is 5.02 Å². The highest BCUT2D eigenvalue weighted by Crippen LogP contribution is 2.40. The molecular formula is C26H22ClFN2O6S. The van der Waals surface area contributed by atoms with Crippen molar-refractivity contribution in [3.05, 3.63) is 69.5 Å². The monoisotopic (exact) mass is 544 g/mol. The van der Waals surface area contributed by atoms with Crippen molar-refractivity contribution in [3.8, 4) is 33.9 Å². The van der Waals surface area contributed by atoms with Gasteiger partial charge in [-0.05, 0) is 43.7 Å². The highest BCUT2D eigenvalue weighted by atomic mass is 35.5. The third kappa shape index (κ3) is 5.03. The summed E-state index contributed by atoms with van der Waals surface area (Å²) in [6, 6.07) is 9.34. The van der Waals surface area contributed by atoms with Gasteiger partial charge >= 0.3 is 5.97 Å². The number of carbonyl (C=O) groups is 2. The number of amides is 1. The molecule has 0 aliphatic rings. The van der Waals surface area contributed by atoms with Crippen LogP contribution in [0.1, 0.15) is 33.4 Å². The summed E-state index contributed by atoms with van der Waals surface area (Å²) in [4.78, 5) is 26.4. The molecule has 1 amide bonds. The van der Waals surface area contributed by atoms with E-state index in [-0.39, 0.29) is 44.8 Å². The van der Waals surface area contributed by atoms with Crippen LogP contribution in [0.15, 0.2) is 46.3 Å². The number of benzene rings is 2. The Morgan fingerprint density at radius 3 is 2.57 bits per heavy atom. The van der Waals surface area contributed by atoms with E-state index >= 15 is 0 Å². The lowest BCUT2D eigenvalue weighted by Crippen LogP contribution is -2.16. The number of rotatable bonds is 8. The van der Waals surface area contributed by atoms with Crippen molar-refractivity contribution in [2.75, 3.05) is 26.1 Å². The number of aryl methyl sites for hydroxylation is 1. The summed E-state index contributed by atoms with van der Waals surface area (Å²) in [6.45, 7) is 3.34. The molecule has 0 saturated carbocycles. The number of hydrogen-bond donors (Lipinski definition) is 1. The Hall–Kier alpha value is -3.89. The van der Waals surface area contributed by atoms with Gasteiger partial charge in [0.05, 0.1) is 31.4 Å². The van der Waals surface area contributed by atoms with Crippen LogP contribution in [0.25, 0.3) is 22.4 Å². The third-order valence-corrected chi connectivity index (χ3v) is 6.69. The number of anilines is 1. The largest absolute Gasteiger partial charge is 0.493 e. The molecule has 2 aromatic heterocycles. The van der Waals surface area contributed by atoms with Crippen molar-refractivity contribution >= 4 is 39.8 Å². The Morgan fingerprint density at radius 2 is 1.89 bits per heavy atom. The van der Waals surface area contributed by atoms with Crippen LogP contribution in [0.4, 0.5) is 9.39 Å². The number of hydrogen-bond acceptors (Lipinski definition) is 8. The summed E-state index contributed by atoms with van der Waals surface area (Å²) in [6.07, 6.45) is 0. The first-order valence-corrected chi connectivity index (χ1v) is 12.3. The van der Waals surface area contributed by atoms with Crippen LogP contribution in [0.5, 0.6) is 11.5 Å². The van der Waals surface area contributed by atoms with Gasteiger partial charge in [0.25, 0.3) is 5.91 Å². The van der Waals surface area contributed by atoms with Crippen LogP contribution in [0, 0.1) is 12.7 Å². The maximum Gasteiger partial charge on any atom is 0.341 e. The van der Waals surface area contributed by atoms with Gasteiger partial charge in [0.2, 0.25) is 0 Å². The summed E-state index contributed by atoms with van der Waals surface area (Å²) in [5.74, 6) is -0.786. The minimum Gasteiger partial charge on any atom is -0.493 e. The Morgan fingerprint density at radius 1 is 1.14 bits per heavy atom. The summed E-state index contributed by atoms with van der Waals surface area (Å²) in [7, 11) is 3.03. The maximum atomic E-state index is 14.6. The summed E-state index contributed by atoms with van der Waals surface area (Å²) < 4.78 is 35.8. The van der Waals surface area contributed by atoms with Crippen LogP contribution in [-0.4, -0.2) is 37.9 Å². The summed E-state index contributed by atoms with van der Waals surface area (Å²) >= 11 is 7.33. The number of aromatic nitrogens is 1. The van der Waals surface area contributed by atoms with Gasteiger partial charge in [-0.2, -0.15) is 0 Å². The van der Waals surface area contributed by atoms with Crippen LogP contribution < -0.4 is 14.8 Å². The standard InChI is InChI=1S/C26H22ClFN2O6S/c1-5-35-26(32)21-15(14-9-10-18(33-3)19(11-14)34-4)12-37-25(21)29-24(31)20-13(2)36-30-23(20)22-16(27)7-6-8-17(22)28/h6-12H,5H2,1-4H3,(H,29,31). The van der Waals surface area contributed by atoms with Crippen molar-refractivity contribution in [2.45, 2.75) is 13.8 Å². The zero-order chi connectivity index (χ0) is 26.7. The highest BCUT2D eigenvalue weighted by molar-refractivity contribution is 7.15. The lowest BCUT2D eigenvalue weighted by molar-refractivity contribution is 0.0529. The van der Waals surface area contributed by atoms with Crippen molar-refractivity contribution in [3.63, 3.8) is 0 Å². The Balaban J connectivity index is 1.77. The van der Waals surface area contributed by atoms with E-state index in [1.807, 2.05) is 0 Å². The van der Waals surface area contributed by atoms with Crippen molar-refractivity contribution < 1.29 is 32.7 Å². The van der Waals surface area contributed by atoms with Gasteiger partial charge < -0.3 is 24.1 Å². The van der Waals surface area contributed by atoms with E-state index in [4.69, 9.17) is 30.3 Å². The number of ether oxygens (including phenoxy) is 3. The minimum absolute atomic E-state index is 0.0112. The lowest BCUT2D eigenvalue weighted by atomic mass is 10.0. The molecular weight excluding hydrogens is 523 g/mol. The molecule has 1 N–H and O–H groups in total. The predicted molar refractivity (Wildman–Crippen MR) is 138 cm³/mol. The molecule has 8 nitrogen and oxygen atoms in total. The fourth-order valence-electron chi connectivity index (χ4n) is 3.77. The van der Waals surface area contributed by atoms with Gasteiger partial charge in [-0.15, -0.1) is 11.3 Å². The van der Waals surface area contributed by atoms with E-state index in [1.54, 1.807) is 30.5 Å². The number of nitrogens with one attached hydrogen (secondary N) is 1. The molecule has 0 saturated heterocycles. The van der Waals surface area contributed by atoms with Gasteiger partial charge in [0, 0.05) is 10.9 Å². The number of carbonyl (C=O) groups excluding carboxylic acids is 2. The molecule has 0 aliphatic heterocycles. The van der Waals surface area contributed by atoms with Crippen molar-refractivity contribution in [2.24, 2.45) is 0 Å². The number of nitrogens with zero attached hydrogens (tertiary/aromatic N) is 1. The molecule has 4 rings (SSSR count). The maximum absolute atomic E-state index is 14.6. The number of esters is 1. The van der Waals surface area contributed by atoms with Crippen LogP contribution in [0.3, 0.4) is 0 Å². The van der Waals surface area contributed by atoms with E-state index in [2.05, 4.69) is 10.5 Å². The third-order valence-electron chi connectivity index (χ3n) is 5.48. The van der Waals surface area contributed by atoms with Gasteiger partial charge in [-0.25, -0.2) is 9.18 Å². The van der Waals surface area contributed by atoms with Crippen LogP contribution in [-0.2, 0) is 4.74 Å². The zero-order valence-corrected chi connectivity index (χ0v) is 21.9. The summed E-state index contributed by atoms with van der Waals surface area (Å²) in [5, 5.41) is 8.64. The second kappa shape index (κ2) is 11.0. The summed E-state index contributed by atoms with van der Waals surface area (Å²) in [5.41, 5.74) is 1.22. The van der Waals surface area contributed by atoms with Gasteiger partial charge in [0.15, 0.2) is 11.5 Å². The van der Waals surface area contributed by atoms with E-state index < -0.39 is 17.7 Å². The first-order chi connectivity index (χ1) is 17.8. The quantitative estimate of drug-likeness (QED) is 0.249. The molecule has 0 aliphatic carbocycles. The molecule has 0 bridgehead atoms. The fourth-order valence-corrected chi connectivity index (χ4v) is 4.98.